The summed E-state index contributed by atoms with van der Waals surface area (Å²) >= 11 is 0. The molecule has 0 atom stereocenters. The van der Waals surface area contributed by atoms with Gasteiger partial charge < -0.3 is 5.11 Å². The van der Waals surface area contributed by atoms with E-state index in [0.29, 0.717) is 6.42 Å². The molecule has 0 unspecified atom stereocenters. The number of hydrogen-bond donors (Lipinski definition) is 1. The first-order valence-electron chi connectivity index (χ1n) is 4.46. The van der Waals surface area contributed by atoms with Gasteiger partial charge in [0.25, 0.3) is 0 Å². The monoisotopic (exact) mass is 186 g/mol. The van der Waals surface area contributed by atoms with Crippen molar-refractivity contribution < 1.29 is 9.90 Å². The van der Waals surface area contributed by atoms with Crippen LogP contribution in [0.4, 0.5) is 0 Å². The highest BCUT2D eigenvalue weighted by Crippen LogP contribution is 2.21. The van der Waals surface area contributed by atoms with Crippen molar-refractivity contribution in [2.75, 3.05) is 0 Å². The van der Waals surface area contributed by atoms with E-state index in [1.54, 1.807) is 24.3 Å². The first kappa shape index (κ1) is 8.75. The number of benzene rings is 1. The van der Waals surface area contributed by atoms with Crippen LogP contribution in [-0.4, -0.2) is 10.9 Å². The highest BCUT2D eigenvalue weighted by Gasteiger charge is 2.04. The Morgan fingerprint density at radius 2 is 1.79 bits per heavy atom. The van der Waals surface area contributed by atoms with Gasteiger partial charge in [-0.25, -0.2) is 0 Å². The van der Waals surface area contributed by atoms with Crippen molar-refractivity contribution in [2.45, 2.75) is 6.42 Å². The molecular weight excluding hydrogens is 176 g/mol. The molecule has 14 heavy (non-hydrogen) atoms. The molecule has 70 valence electrons. The number of aromatic hydroxyl groups is 1. The van der Waals surface area contributed by atoms with E-state index in [1.165, 1.54) is 0 Å². The predicted octanol–water partition coefficient (Wildman–Crippen LogP) is 2.30. The van der Waals surface area contributed by atoms with E-state index < -0.39 is 0 Å². The fraction of sp³-hybridized carbons (Fsp3) is 0.0833. The predicted molar refractivity (Wildman–Crippen MR) is 54.8 cm³/mol. The van der Waals surface area contributed by atoms with Crippen molar-refractivity contribution in [3.8, 4) is 5.75 Å². The molecule has 0 saturated heterocycles. The van der Waals surface area contributed by atoms with E-state index in [9.17, 15) is 4.79 Å². The second kappa shape index (κ2) is 3.50. The molecule has 1 N–H and O–H groups in total. The second-order valence-corrected chi connectivity index (χ2v) is 3.21. The SMILES string of the molecule is O=C1C=CC(c2ccc(O)cc2)=CC1. The van der Waals surface area contributed by atoms with Crippen molar-refractivity contribution in [3.63, 3.8) is 0 Å². The first-order valence-corrected chi connectivity index (χ1v) is 4.46. The number of ketones is 1. The minimum absolute atomic E-state index is 0.132. The third kappa shape index (κ3) is 1.74. The summed E-state index contributed by atoms with van der Waals surface area (Å²) in [5, 5.41) is 9.11. The second-order valence-electron chi connectivity index (χ2n) is 3.21. The standard InChI is InChI=1S/C12H10O2/c13-11-5-1-9(2-6-11)10-3-7-12(14)8-4-10/h1-7,13H,8H2. The Labute approximate surface area is 82.2 Å². The van der Waals surface area contributed by atoms with Crippen LogP contribution in [0.25, 0.3) is 5.57 Å². The summed E-state index contributed by atoms with van der Waals surface area (Å²) in [4.78, 5) is 10.9. The van der Waals surface area contributed by atoms with Crippen LogP contribution in [0.3, 0.4) is 0 Å². The lowest BCUT2D eigenvalue weighted by molar-refractivity contribution is -0.113. The zero-order chi connectivity index (χ0) is 9.97. The maximum Gasteiger partial charge on any atom is 0.159 e. The van der Waals surface area contributed by atoms with E-state index in [-0.39, 0.29) is 11.5 Å². The van der Waals surface area contributed by atoms with Crippen LogP contribution in [0.15, 0.2) is 42.5 Å². The fourth-order valence-corrected chi connectivity index (χ4v) is 1.40. The topological polar surface area (TPSA) is 37.3 Å². The highest BCUT2D eigenvalue weighted by molar-refractivity contribution is 5.97. The van der Waals surface area contributed by atoms with Crippen LogP contribution in [0, 0.1) is 0 Å². The molecule has 2 rings (SSSR count). The van der Waals surface area contributed by atoms with Crippen LogP contribution in [0.1, 0.15) is 12.0 Å². The van der Waals surface area contributed by atoms with Gasteiger partial charge in [-0.3, -0.25) is 4.79 Å². The average molecular weight is 186 g/mol. The molecule has 0 saturated carbocycles. The molecule has 2 heteroatoms. The Balaban J connectivity index is 2.29. The van der Waals surface area contributed by atoms with E-state index in [4.69, 9.17) is 5.11 Å². The van der Waals surface area contributed by atoms with Gasteiger partial charge in [0.2, 0.25) is 0 Å². The minimum atomic E-state index is 0.132. The summed E-state index contributed by atoms with van der Waals surface area (Å²) in [6.07, 6.45) is 5.75. The van der Waals surface area contributed by atoms with Crippen molar-refractivity contribution in [1.82, 2.24) is 0 Å². The largest absolute Gasteiger partial charge is 0.508 e. The molecule has 1 aromatic carbocycles. The number of carbonyl (C=O) groups is 1. The lowest BCUT2D eigenvalue weighted by Gasteiger charge is -2.06. The van der Waals surface area contributed by atoms with Crippen molar-refractivity contribution in [2.24, 2.45) is 0 Å². The lowest BCUT2D eigenvalue weighted by Crippen LogP contribution is -1.95. The number of allylic oxidation sites excluding steroid dienone is 4. The molecule has 0 aliphatic heterocycles. The zero-order valence-electron chi connectivity index (χ0n) is 7.60. The summed E-state index contributed by atoms with van der Waals surface area (Å²) in [7, 11) is 0. The molecule has 0 radical (unpaired) electrons. The molecule has 0 heterocycles. The average Bonchev–Trinajstić information content (AvgIpc) is 2.21. The summed E-state index contributed by atoms with van der Waals surface area (Å²) in [6, 6.07) is 6.95. The maximum atomic E-state index is 10.9. The van der Waals surface area contributed by atoms with Crippen molar-refractivity contribution in [3.05, 3.63) is 48.1 Å². The third-order valence-corrected chi connectivity index (χ3v) is 2.17. The molecule has 0 aromatic heterocycles. The summed E-state index contributed by atoms with van der Waals surface area (Å²) in [5.41, 5.74) is 2.05. The summed E-state index contributed by atoms with van der Waals surface area (Å²) in [6.45, 7) is 0. The Bertz CT molecular complexity index is 410. The number of carbonyl (C=O) groups excluding carboxylic acids is 1. The summed E-state index contributed by atoms with van der Waals surface area (Å²) < 4.78 is 0. The van der Waals surface area contributed by atoms with Gasteiger partial charge in [0.05, 0.1) is 0 Å². The first-order chi connectivity index (χ1) is 6.75. The molecule has 1 aromatic rings. The van der Waals surface area contributed by atoms with E-state index in [2.05, 4.69) is 0 Å². The Morgan fingerprint density at radius 3 is 2.36 bits per heavy atom. The van der Waals surface area contributed by atoms with Gasteiger partial charge in [-0.1, -0.05) is 24.3 Å². The molecule has 1 aliphatic carbocycles. The smallest absolute Gasteiger partial charge is 0.159 e. The number of phenolic OH excluding ortho intramolecular Hbond substituents is 1. The maximum absolute atomic E-state index is 10.9. The molecule has 0 amide bonds. The van der Waals surface area contributed by atoms with Crippen LogP contribution < -0.4 is 0 Å². The zero-order valence-corrected chi connectivity index (χ0v) is 7.60. The van der Waals surface area contributed by atoms with Gasteiger partial charge in [-0.05, 0) is 29.3 Å². The normalized spacial score (nSPS) is 15.4. The van der Waals surface area contributed by atoms with Gasteiger partial charge in [0.1, 0.15) is 5.75 Å². The van der Waals surface area contributed by atoms with Crippen LogP contribution in [-0.2, 0) is 4.79 Å². The molecule has 1 aliphatic rings. The molecule has 2 nitrogen and oxygen atoms in total. The minimum Gasteiger partial charge on any atom is -0.508 e. The molecule has 0 bridgehead atoms. The Hall–Kier alpha value is -1.83. The lowest BCUT2D eigenvalue weighted by atomic mass is 9.99. The molecular formula is C12H10O2. The number of hydrogen-bond acceptors (Lipinski definition) is 2. The van der Waals surface area contributed by atoms with Crippen molar-refractivity contribution in [1.29, 1.82) is 0 Å². The van der Waals surface area contributed by atoms with Crippen LogP contribution in [0.5, 0.6) is 5.75 Å². The third-order valence-electron chi connectivity index (χ3n) is 2.17. The molecule has 0 spiro atoms. The van der Waals surface area contributed by atoms with Gasteiger partial charge >= 0.3 is 0 Å². The van der Waals surface area contributed by atoms with Gasteiger partial charge in [-0.15, -0.1) is 0 Å². The van der Waals surface area contributed by atoms with Crippen molar-refractivity contribution >= 4 is 11.4 Å². The number of rotatable bonds is 1. The van der Waals surface area contributed by atoms with Crippen LogP contribution >= 0.6 is 0 Å². The van der Waals surface area contributed by atoms with Gasteiger partial charge in [0.15, 0.2) is 5.78 Å². The van der Waals surface area contributed by atoms with E-state index in [0.717, 1.165) is 11.1 Å². The molecule has 0 fully saturated rings. The van der Waals surface area contributed by atoms with E-state index >= 15 is 0 Å². The fourth-order valence-electron chi connectivity index (χ4n) is 1.40. The van der Waals surface area contributed by atoms with Gasteiger partial charge in [0, 0.05) is 6.42 Å². The Morgan fingerprint density at radius 1 is 1.07 bits per heavy atom. The quantitative estimate of drug-likeness (QED) is 0.730. The highest BCUT2D eigenvalue weighted by atomic mass is 16.3. The van der Waals surface area contributed by atoms with E-state index in [1.807, 2.05) is 18.2 Å². The van der Waals surface area contributed by atoms with Gasteiger partial charge in [-0.2, -0.15) is 0 Å². The Kier molecular flexibility index (Phi) is 2.19. The van der Waals surface area contributed by atoms with Crippen LogP contribution in [0.2, 0.25) is 0 Å². The summed E-state index contributed by atoms with van der Waals surface area (Å²) in [5.74, 6) is 0.387. The number of phenols is 1.